The lowest BCUT2D eigenvalue weighted by Crippen LogP contribution is -2.22. The van der Waals surface area contributed by atoms with E-state index >= 15 is 0 Å². The average Bonchev–Trinajstić information content (AvgIpc) is 3.11. The molecule has 6 heteroatoms. The molecule has 0 spiro atoms. The lowest BCUT2D eigenvalue weighted by Gasteiger charge is -2.05. The molecule has 0 saturated heterocycles. The summed E-state index contributed by atoms with van der Waals surface area (Å²) in [5.74, 6) is 1.12. The molecule has 0 bridgehead atoms. The van der Waals surface area contributed by atoms with E-state index in [0.29, 0.717) is 23.1 Å². The molecule has 0 aliphatic heterocycles. The molecule has 3 rings (SSSR count). The Balaban J connectivity index is 1.54. The Bertz CT molecular complexity index is 950. The maximum absolute atomic E-state index is 12.3. The van der Waals surface area contributed by atoms with Gasteiger partial charge >= 0.3 is 0 Å². The maximum atomic E-state index is 12.3. The standard InChI is InChI=1S/C21H20ClNO3S/c1-15-6-8-16(9-7-15)13-27(25)14-18-10-11-20(26-18)21(24)23-12-17-4-2-3-5-19(17)22/h2-11H,12-14H2,1H3,(H,23,24)/t27-/m1/s1. The van der Waals surface area contributed by atoms with Crippen LogP contribution in [0, 0.1) is 6.92 Å². The van der Waals surface area contributed by atoms with Crippen LogP contribution in [0.1, 0.15) is 33.0 Å². The van der Waals surface area contributed by atoms with E-state index in [4.69, 9.17) is 16.0 Å². The van der Waals surface area contributed by atoms with E-state index in [1.54, 1.807) is 18.2 Å². The number of hydrogen-bond donors (Lipinski definition) is 1. The fourth-order valence-electron chi connectivity index (χ4n) is 2.56. The van der Waals surface area contributed by atoms with Gasteiger partial charge in [-0.2, -0.15) is 0 Å². The maximum Gasteiger partial charge on any atom is 0.287 e. The van der Waals surface area contributed by atoms with Crippen LogP contribution in [0.2, 0.25) is 5.02 Å². The summed E-state index contributed by atoms with van der Waals surface area (Å²) in [7, 11) is -1.11. The zero-order valence-electron chi connectivity index (χ0n) is 14.9. The minimum absolute atomic E-state index is 0.199. The molecule has 0 unspecified atom stereocenters. The van der Waals surface area contributed by atoms with E-state index in [2.05, 4.69) is 5.32 Å². The normalized spacial score (nSPS) is 11.9. The summed E-state index contributed by atoms with van der Waals surface area (Å²) >= 11 is 6.08. The summed E-state index contributed by atoms with van der Waals surface area (Å²) in [6.45, 7) is 2.33. The largest absolute Gasteiger partial charge is 0.455 e. The third kappa shape index (κ3) is 5.55. The minimum atomic E-state index is -1.11. The summed E-state index contributed by atoms with van der Waals surface area (Å²) in [5.41, 5.74) is 3.02. The fraction of sp³-hybridized carbons (Fsp3) is 0.190. The van der Waals surface area contributed by atoms with Crippen molar-refractivity contribution in [1.82, 2.24) is 5.32 Å². The van der Waals surface area contributed by atoms with Crippen molar-refractivity contribution in [2.75, 3.05) is 0 Å². The lowest BCUT2D eigenvalue weighted by molar-refractivity contribution is 0.0921. The van der Waals surface area contributed by atoms with Crippen LogP contribution in [0.25, 0.3) is 0 Å². The molecular formula is C21H20ClNO3S. The van der Waals surface area contributed by atoms with Gasteiger partial charge in [-0.3, -0.25) is 9.00 Å². The summed E-state index contributed by atoms with van der Waals surface area (Å²) in [6.07, 6.45) is 0. The highest BCUT2D eigenvalue weighted by molar-refractivity contribution is 7.83. The quantitative estimate of drug-likeness (QED) is 0.628. The van der Waals surface area contributed by atoms with Crippen molar-refractivity contribution in [3.63, 3.8) is 0 Å². The number of carbonyl (C=O) groups is 1. The Morgan fingerprint density at radius 3 is 2.52 bits per heavy atom. The first-order valence-corrected chi connectivity index (χ1v) is 10.4. The number of furan rings is 1. The van der Waals surface area contributed by atoms with Gasteiger partial charge in [0.15, 0.2) is 5.76 Å². The summed E-state index contributed by atoms with van der Waals surface area (Å²) < 4.78 is 17.9. The molecule has 140 valence electrons. The van der Waals surface area contributed by atoms with Crippen molar-refractivity contribution < 1.29 is 13.4 Å². The van der Waals surface area contributed by atoms with E-state index in [-0.39, 0.29) is 17.4 Å². The number of hydrogen-bond acceptors (Lipinski definition) is 3. The third-order valence-electron chi connectivity index (χ3n) is 4.03. The Hall–Kier alpha value is -2.37. The number of amides is 1. The van der Waals surface area contributed by atoms with Crippen LogP contribution in [-0.4, -0.2) is 10.1 Å². The number of nitrogens with one attached hydrogen (secondary N) is 1. The number of halogens is 1. The smallest absolute Gasteiger partial charge is 0.287 e. The predicted molar refractivity (Wildman–Crippen MR) is 108 cm³/mol. The molecule has 3 aromatic rings. The van der Waals surface area contributed by atoms with E-state index in [1.807, 2.05) is 49.4 Å². The number of aryl methyl sites for hydroxylation is 1. The molecule has 27 heavy (non-hydrogen) atoms. The first-order chi connectivity index (χ1) is 13.0. The predicted octanol–water partition coefficient (Wildman–Crippen LogP) is 4.62. The van der Waals surface area contributed by atoms with Crippen molar-refractivity contribution >= 4 is 28.3 Å². The second-order valence-corrected chi connectivity index (χ2v) is 8.12. The van der Waals surface area contributed by atoms with E-state index in [9.17, 15) is 9.00 Å². The molecule has 1 heterocycles. The number of benzene rings is 2. The molecule has 0 saturated carbocycles. The van der Waals surface area contributed by atoms with E-state index < -0.39 is 10.8 Å². The second-order valence-electron chi connectivity index (χ2n) is 6.25. The molecule has 0 fully saturated rings. The van der Waals surface area contributed by atoms with Gasteiger partial charge in [-0.05, 0) is 36.2 Å². The van der Waals surface area contributed by atoms with Crippen LogP contribution in [0.3, 0.4) is 0 Å². The molecule has 1 N–H and O–H groups in total. The number of carbonyl (C=O) groups excluding carboxylic acids is 1. The van der Waals surface area contributed by atoms with Crippen LogP contribution in [0.4, 0.5) is 0 Å². The monoisotopic (exact) mass is 401 g/mol. The zero-order chi connectivity index (χ0) is 19.2. The summed E-state index contributed by atoms with van der Waals surface area (Å²) in [6, 6.07) is 18.6. The number of rotatable bonds is 7. The van der Waals surface area contributed by atoms with Crippen molar-refractivity contribution in [2.45, 2.75) is 25.0 Å². The SMILES string of the molecule is Cc1ccc(C[S@@](=O)Cc2ccc(C(=O)NCc3ccccc3Cl)o2)cc1. The van der Waals surface area contributed by atoms with Gasteiger partial charge in [-0.25, -0.2) is 0 Å². The summed E-state index contributed by atoms with van der Waals surface area (Å²) in [5, 5.41) is 3.38. The Kier molecular flexibility index (Phi) is 6.48. The lowest BCUT2D eigenvalue weighted by atomic mass is 10.2. The molecule has 1 amide bonds. The van der Waals surface area contributed by atoms with Crippen molar-refractivity contribution in [2.24, 2.45) is 0 Å². The van der Waals surface area contributed by atoms with Gasteiger partial charge in [0.1, 0.15) is 5.76 Å². The molecule has 0 aliphatic rings. The van der Waals surface area contributed by atoms with E-state index in [0.717, 1.165) is 11.1 Å². The van der Waals surface area contributed by atoms with E-state index in [1.165, 1.54) is 5.56 Å². The summed E-state index contributed by atoms with van der Waals surface area (Å²) in [4.78, 5) is 12.2. The minimum Gasteiger partial charge on any atom is -0.455 e. The highest BCUT2D eigenvalue weighted by Gasteiger charge is 2.13. The Labute approximate surface area is 166 Å². The first-order valence-electron chi connectivity index (χ1n) is 8.52. The Morgan fingerprint density at radius 1 is 1.04 bits per heavy atom. The van der Waals surface area contributed by atoms with Crippen molar-refractivity contribution in [3.05, 3.63) is 93.9 Å². The van der Waals surface area contributed by atoms with Crippen LogP contribution < -0.4 is 5.32 Å². The van der Waals surface area contributed by atoms with Gasteiger partial charge in [0.2, 0.25) is 0 Å². The Morgan fingerprint density at radius 2 is 1.78 bits per heavy atom. The van der Waals surface area contributed by atoms with Crippen molar-refractivity contribution in [3.8, 4) is 0 Å². The van der Waals surface area contributed by atoms with Gasteiger partial charge in [0.05, 0.1) is 5.75 Å². The molecule has 1 atom stereocenters. The van der Waals surface area contributed by atoms with Crippen LogP contribution >= 0.6 is 11.6 Å². The van der Waals surface area contributed by atoms with Gasteiger partial charge in [-0.15, -0.1) is 0 Å². The zero-order valence-corrected chi connectivity index (χ0v) is 16.5. The average molecular weight is 402 g/mol. The van der Waals surface area contributed by atoms with Crippen LogP contribution in [0.15, 0.2) is 65.1 Å². The molecule has 2 aromatic carbocycles. The highest BCUT2D eigenvalue weighted by Crippen LogP contribution is 2.16. The van der Waals surface area contributed by atoms with Gasteiger partial charge in [0.25, 0.3) is 5.91 Å². The van der Waals surface area contributed by atoms with Gasteiger partial charge in [0, 0.05) is 28.1 Å². The van der Waals surface area contributed by atoms with Gasteiger partial charge in [-0.1, -0.05) is 59.6 Å². The van der Waals surface area contributed by atoms with Crippen molar-refractivity contribution in [1.29, 1.82) is 0 Å². The molecule has 0 aliphatic carbocycles. The van der Waals surface area contributed by atoms with Gasteiger partial charge < -0.3 is 9.73 Å². The van der Waals surface area contributed by atoms with Crippen LogP contribution in [-0.2, 0) is 28.9 Å². The third-order valence-corrected chi connectivity index (χ3v) is 5.66. The second kappa shape index (κ2) is 9.02. The topological polar surface area (TPSA) is 59.3 Å². The molecule has 4 nitrogen and oxygen atoms in total. The molecule has 0 radical (unpaired) electrons. The fourth-order valence-corrected chi connectivity index (χ4v) is 3.90. The molecule has 1 aromatic heterocycles. The van der Waals surface area contributed by atoms with Crippen LogP contribution in [0.5, 0.6) is 0 Å². The first kappa shape index (κ1) is 19.4. The highest BCUT2D eigenvalue weighted by atomic mass is 35.5. The molecular weight excluding hydrogens is 382 g/mol.